The first-order valence-corrected chi connectivity index (χ1v) is 9.30. The van der Waals surface area contributed by atoms with Gasteiger partial charge in [-0.1, -0.05) is 13.0 Å². The van der Waals surface area contributed by atoms with Crippen molar-refractivity contribution in [2.24, 2.45) is 4.99 Å². The predicted molar refractivity (Wildman–Crippen MR) is 116 cm³/mol. The molecule has 5 nitrogen and oxygen atoms in total. The van der Waals surface area contributed by atoms with Crippen molar-refractivity contribution in [3.8, 4) is 5.75 Å². The van der Waals surface area contributed by atoms with Crippen LogP contribution >= 0.6 is 35.3 Å². The van der Waals surface area contributed by atoms with Crippen LogP contribution in [0.1, 0.15) is 30.7 Å². The molecule has 0 saturated carbocycles. The maximum Gasteiger partial charge on any atom is 0.191 e. The number of thiazole rings is 1. The van der Waals surface area contributed by atoms with Gasteiger partial charge in [0.25, 0.3) is 0 Å². The Labute approximate surface area is 175 Å². The van der Waals surface area contributed by atoms with Gasteiger partial charge in [0.2, 0.25) is 0 Å². The monoisotopic (exact) mass is 492 g/mol. The summed E-state index contributed by atoms with van der Waals surface area (Å²) in [6, 6.07) is 6.15. The largest absolute Gasteiger partial charge is 0.489 e. The summed E-state index contributed by atoms with van der Waals surface area (Å²) < 4.78 is 18.9. The van der Waals surface area contributed by atoms with Gasteiger partial charge in [0.05, 0.1) is 13.1 Å². The molecular weight excluding hydrogens is 466 g/mol. The number of hydrogen-bond donors (Lipinski definition) is 2. The minimum absolute atomic E-state index is 0. The molecule has 0 amide bonds. The number of aliphatic imine (C=N–C) groups is 1. The molecule has 1 aromatic carbocycles. The first kappa shape index (κ1) is 22.6. The molecular formula is C18H26FIN4OS. The number of aromatic nitrogens is 1. The van der Waals surface area contributed by atoms with Crippen molar-refractivity contribution in [3.05, 3.63) is 46.2 Å². The number of nitrogens with one attached hydrogen (secondary N) is 2. The van der Waals surface area contributed by atoms with Gasteiger partial charge in [-0.05, 0) is 32.4 Å². The van der Waals surface area contributed by atoms with Crippen LogP contribution in [0, 0.1) is 5.82 Å². The lowest BCUT2D eigenvalue weighted by Gasteiger charge is -2.17. The van der Waals surface area contributed by atoms with Crippen LogP contribution in [0.2, 0.25) is 0 Å². The molecule has 8 heteroatoms. The Bertz CT molecular complexity index is 695. The lowest BCUT2D eigenvalue weighted by molar-refractivity contribution is 0.223. The van der Waals surface area contributed by atoms with E-state index < -0.39 is 0 Å². The van der Waals surface area contributed by atoms with Crippen LogP contribution in [-0.4, -0.2) is 30.1 Å². The van der Waals surface area contributed by atoms with Crippen LogP contribution in [0.15, 0.2) is 35.5 Å². The molecule has 0 bridgehead atoms. The molecule has 0 aliphatic carbocycles. The molecule has 1 unspecified atom stereocenters. The first-order chi connectivity index (χ1) is 12.1. The van der Waals surface area contributed by atoms with Crippen LogP contribution in [0.5, 0.6) is 5.75 Å². The molecule has 2 N–H and O–H groups in total. The van der Waals surface area contributed by atoms with Gasteiger partial charge in [-0.3, -0.25) is 0 Å². The van der Waals surface area contributed by atoms with Gasteiger partial charge in [0, 0.05) is 23.7 Å². The molecule has 0 saturated heterocycles. The van der Waals surface area contributed by atoms with E-state index in [4.69, 9.17) is 4.74 Å². The van der Waals surface area contributed by atoms with E-state index in [0.29, 0.717) is 24.8 Å². The number of guanidine groups is 1. The number of hydrogen-bond acceptors (Lipinski definition) is 4. The van der Waals surface area contributed by atoms with Crippen LogP contribution in [-0.2, 0) is 13.0 Å². The van der Waals surface area contributed by atoms with Gasteiger partial charge >= 0.3 is 0 Å². The normalized spacial score (nSPS) is 12.2. The van der Waals surface area contributed by atoms with Crippen molar-refractivity contribution < 1.29 is 9.13 Å². The van der Waals surface area contributed by atoms with Gasteiger partial charge in [0.15, 0.2) is 5.96 Å². The fourth-order valence-electron chi connectivity index (χ4n) is 2.13. The summed E-state index contributed by atoms with van der Waals surface area (Å²) in [6.45, 7) is 7.92. The number of halogens is 2. The van der Waals surface area contributed by atoms with E-state index in [-0.39, 0.29) is 35.9 Å². The third-order valence-electron chi connectivity index (χ3n) is 3.36. The summed E-state index contributed by atoms with van der Waals surface area (Å²) in [5.41, 5.74) is 0. The predicted octanol–water partition coefficient (Wildman–Crippen LogP) is 3.99. The van der Waals surface area contributed by atoms with Crippen molar-refractivity contribution in [2.45, 2.75) is 39.8 Å². The Kier molecular flexibility index (Phi) is 10.5. The molecule has 26 heavy (non-hydrogen) atoms. The maximum atomic E-state index is 13.2. The summed E-state index contributed by atoms with van der Waals surface area (Å²) in [6.07, 6.45) is 2.77. The third-order valence-corrected chi connectivity index (χ3v) is 4.48. The van der Waals surface area contributed by atoms with E-state index in [1.54, 1.807) is 23.5 Å². The second kappa shape index (κ2) is 12.1. The van der Waals surface area contributed by atoms with Gasteiger partial charge in [-0.25, -0.2) is 14.4 Å². The minimum atomic E-state index is -0.303. The average molecular weight is 492 g/mol. The molecule has 0 aliphatic heterocycles. The SMILES string of the molecule is CCNC(=NCc1ncc(CC)s1)NCC(C)Oc1cccc(F)c1.I. The molecule has 0 radical (unpaired) electrons. The first-order valence-electron chi connectivity index (χ1n) is 8.48. The van der Waals surface area contributed by atoms with Crippen molar-refractivity contribution in [3.63, 3.8) is 0 Å². The van der Waals surface area contributed by atoms with Crippen LogP contribution in [0.4, 0.5) is 4.39 Å². The van der Waals surface area contributed by atoms with E-state index in [2.05, 4.69) is 27.5 Å². The highest BCUT2D eigenvalue weighted by Crippen LogP contribution is 2.14. The summed E-state index contributed by atoms with van der Waals surface area (Å²) >= 11 is 1.69. The number of rotatable bonds is 8. The van der Waals surface area contributed by atoms with Crippen LogP contribution in [0.25, 0.3) is 0 Å². The highest BCUT2D eigenvalue weighted by molar-refractivity contribution is 14.0. The maximum absolute atomic E-state index is 13.2. The molecule has 0 spiro atoms. The van der Waals surface area contributed by atoms with Crippen molar-refractivity contribution in [2.75, 3.05) is 13.1 Å². The standard InChI is InChI=1S/C18H25FN4OS.HI/c1-4-16-11-21-17(25-16)12-23-18(20-5-2)22-10-13(3)24-15-8-6-7-14(19)9-15;/h6-9,11,13H,4-5,10,12H2,1-3H3,(H2,20,22,23);1H. The summed E-state index contributed by atoms with van der Waals surface area (Å²) in [7, 11) is 0. The fraction of sp³-hybridized carbons (Fsp3) is 0.444. The van der Waals surface area contributed by atoms with Crippen molar-refractivity contribution >= 4 is 41.3 Å². The zero-order chi connectivity index (χ0) is 18.1. The van der Waals surface area contributed by atoms with Gasteiger partial charge in [-0.2, -0.15) is 0 Å². The van der Waals surface area contributed by atoms with E-state index >= 15 is 0 Å². The molecule has 2 rings (SSSR count). The van der Waals surface area contributed by atoms with Gasteiger partial charge < -0.3 is 15.4 Å². The molecule has 1 aromatic heterocycles. The number of ether oxygens (including phenoxy) is 1. The third kappa shape index (κ3) is 7.86. The molecule has 1 heterocycles. The summed E-state index contributed by atoms with van der Waals surface area (Å²) in [5.74, 6) is 0.930. The van der Waals surface area contributed by atoms with Crippen LogP contribution < -0.4 is 15.4 Å². The number of benzene rings is 1. The Morgan fingerprint density at radius 1 is 1.35 bits per heavy atom. The lowest BCUT2D eigenvalue weighted by Crippen LogP contribution is -2.41. The zero-order valence-electron chi connectivity index (χ0n) is 15.3. The zero-order valence-corrected chi connectivity index (χ0v) is 18.4. The second-order valence-corrected chi connectivity index (χ2v) is 6.74. The Hall–Kier alpha value is -1.42. The Morgan fingerprint density at radius 2 is 2.15 bits per heavy atom. The molecule has 0 aliphatic rings. The molecule has 2 aromatic rings. The lowest BCUT2D eigenvalue weighted by atomic mass is 10.3. The van der Waals surface area contributed by atoms with Gasteiger partial charge in [-0.15, -0.1) is 35.3 Å². The number of nitrogens with zero attached hydrogens (tertiary/aromatic N) is 2. The van der Waals surface area contributed by atoms with Gasteiger partial charge in [0.1, 0.15) is 22.7 Å². The smallest absolute Gasteiger partial charge is 0.191 e. The average Bonchev–Trinajstić information content (AvgIpc) is 3.05. The number of aryl methyl sites for hydroxylation is 1. The quantitative estimate of drug-likeness (QED) is 0.333. The van der Waals surface area contributed by atoms with E-state index in [1.807, 2.05) is 20.0 Å². The minimum Gasteiger partial charge on any atom is -0.489 e. The van der Waals surface area contributed by atoms with E-state index in [9.17, 15) is 4.39 Å². The van der Waals surface area contributed by atoms with Crippen molar-refractivity contribution in [1.29, 1.82) is 0 Å². The van der Waals surface area contributed by atoms with E-state index in [1.165, 1.54) is 17.0 Å². The van der Waals surface area contributed by atoms with Crippen LogP contribution in [0.3, 0.4) is 0 Å². The van der Waals surface area contributed by atoms with E-state index in [0.717, 1.165) is 18.0 Å². The summed E-state index contributed by atoms with van der Waals surface area (Å²) in [5, 5.41) is 7.44. The second-order valence-electron chi connectivity index (χ2n) is 5.54. The summed E-state index contributed by atoms with van der Waals surface area (Å²) in [4.78, 5) is 10.2. The fourth-order valence-corrected chi connectivity index (χ4v) is 2.91. The highest BCUT2D eigenvalue weighted by Gasteiger charge is 2.07. The Morgan fingerprint density at radius 3 is 2.81 bits per heavy atom. The highest BCUT2D eigenvalue weighted by atomic mass is 127. The van der Waals surface area contributed by atoms with Crippen molar-refractivity contribution in [1.82, 2.24) is 15.6 Å². The molecule has 1 atom stereocenters. The molecule has 0 fully saturated rings. The topological polar surface area (TPSA) is 58.5 Å². The molecule has 144 valence electrons. The Balaban J connectivity index is 0.00000338.